The van der Waals surface area contributed by atoms with Crippen molar-refractivity contribution in [2.45, 2.75) is 13.0 Å². The van der Waals surface area contributed by atoms with Crippen LogP contribution in [0.3, 0.4) is 0 Å². The minimum absolute atomic E-state index is 0.167. The van der Waals surface area contributed by atoms with Crippen molar-refractivity contribution in [3.05, 3.63) is 76.5 Å². The molecule has 0 fully saturated rings. The van der Waals surface area contributed by atoms with Crippen LogP contribution in [0.4, 0.5) is 0 Å². The summed E-state index contributed by atoms with van der Waals surface area (Å²) in [5, 5.41) is 18.4. The molecule has 23 heavy (non-hydrogen) atoms. The molecule has 0 aliphatic carbocycles. The quantitative estimate of drug-likeness (QED) is 0.803. The largest absolute Gasteiger partial charge is 0.492 e. The van der Waals surface area contributed by atoms with Crippen LogP contribution in [0, 0.1) is 11.3 Å². The molecule has 0 aliphatic rings. The van der Waals surface area contributed by atoms with Gasteiger partial charge >= 0.3 is 5.76 Å². The van der Waals surface area contributed by atoms with Gasteiger partial charge in [-0.15, -0.1) is 0 Å². The van der Waals surface area contributed by atoms with Gasteiger partial charge in [-0.2, -0.15) is 5.26 Å². The molecule has 3 rings (SSSR count). The van der Waals surface area contributed by atoms with E-state index in [0.29, 0.717) is 18.5 Å². The first-order valence-corrected chi connectivity index (χ1v) is 7.14. The lowest BCUT2D eigenvalue weighted by atomic mass is 10.0. The highest BCUT2D eigenvalue weighted by molar-refractivity contribution is 5.65. The summed E-state index contributed by atoms with van der Waals surface area (Å²) >= 11 is 0. The fraction of sp³-hybridized carbons (Fsp3) is 0.111. The Kier molecular flexibility index (Phi) is 3.98. The molecule has 0 aliphatic heterocycles. The Bertz CT molecular complexity index is 914. The number of oxazole rings is 1. The number of benzene rings is 2. The topological polar surface area (TPSA) is 79.2 Å². The third-order valence-corrected chi connectivity index (χ3v) is 3.67. The summed E-state index contributed by atoms with van der Waals surface area (Å²) in [5.41, 5.74) is 3.67. The first kappa shape index (κ1) is 14.7. The number of hydrogen-bond donors (Lipinski definition) is 1. The molecule has 0 radical (unpaired) electrons. The third kappa shape index (κ3) is 3.16. The van der Waals surface area contributed by atoms with E-state index in [0.717, 1.165) is 23.0 Å². The van der Waals surface area contributed by atoms with Crippen molar-refractivity contribution in [2.75, 3.05) is 0 Å². The molecule has 114 valence electrons. The summed E-state index contributed by atoms with van der Waals surface area (Å²) in [6, 6.07) is 17.5. The molecule has 0 amide bonds. The Morgan fingerprint density at radius 2 is 1.91 bits per heavy atom. The van der Waals surface area contributed by atoms with Crippen LogP contribution >= 0.6 is 0 Å². The number of nitriles is 1. The van der Waals surface area contributed by atoms with Crippen molar-refractivity contribution < 1.29 is 9.52 Å². The Labute approximate surface area is 132 Å². The van der Waals surface area contributed by atoms with Gasteiger partial charge in [0.05, 0.1) is 11.6 Å². The van der Waals surface area contributed by atoms with E-state index in [1.54, 1.807) is 6.07 Å². The van der Waals surface area contributed by atoms with Crippen LogP contribution in [-0.4, -0.2) is 9.67 Å². The summed E-state index contributed by atoms with van der Waals surface area (Å²) in [7, 11) is 0. The van der Waals surface area contributed by atoms with Gasteiger partial charge in [-0.05, 0) is 35.2 Å². The van der Waals surface area contributed by atoms with Gasteiger partial charge in [-0.25, -0.2) is 9.36 Å². The number of hydrogen-bond acceptors (Lipinski definition) is 4. The summed E-state index contributed by atoms with van der Waals surface area (Å²) < 4.78 is 5.80. The Balaban J connectivity index is 1.75. The van der Waals surface area contributed by atoms with Crippen LogP contribution in [0.1, 0.15) is 11.1 Å². The third-order valence-electron chi connectivity index (χ3n) is 3.67. The molecule has 5 nitrogen and oxygen atoms in total. The average molecular weight is 306 g/mol. The van der Waals surface area contributed by atoms with Gasteiger partial charge in [-0.1, -0.05) is 36.4 Å². The van der Waals surface area contributed by atoms with Gasteiger partial charge in [0.15, 0.2) is 6.26 Å². The van der Waals surface area contributed by atoms with E-state index in [2.05, 4.69) is 10.5 Å². The smallest absolute Gasteiger partial charge is 0.421 e. The average Bonchev–Trinajstić information content (AvgIpc) is 2.92. The van der Waals surface area contributed by atoms with E-state index < -0.39 is 5.76 Å². The van der Waals surface area contributed by atoms with Gasteiger partial charge < -0.3 is 9.52 Å². The predicted molar refractivity (Wildman–Crippen MR) is 84.9 cm³/mol. The zero-order valence-electron chi connectivity index (χ0n) is 12.3. The molecule has 2 aromatic carbocycles. The Morgan fingerprint density at radius 3 is 2.57 bits per heavy atom. The zero-order valence-corrected chi connectivity index (χ0v) is 12.3. The SMILES string of the molecule is N#Cc1cccc(-c2ccc(CCn3c(O)coc3=O)cc2)c1. The number of aromatic nitrogens is 1. The molecule has 0 atom stereocenters. The molecule has 0 unspecified atom stereocenters. The van der Waals surface area contributed by atoms with Crippen LogP contribution in [0.5, 0.6) is 5.88 Å². The second-order valence-corrected chi connectivity index (χ2v) is 5.15. The summed E-state index contributed by atoms with van der Waals surface area (Å²) in [4.78, 5) is 11.4. The fourth-order valence-electron chi connectivity index (χ4n) is 2.40. The fourth-order valence-corrected chi connectivity index (χ4v) is 2.40. The van der Waals surface area contributed by atoms with Crippen molar-refractivity contribution in [2.24, 2.45) is 0 Å². The normalized spacial score (nSPS) is 10.4. The van der Waals surface area contributed by atoms with E-state index >= 15 is 0 Å². The first-order chi connectivity index (χ1) is 11.2. The maximum Gasteiger partial charge on any atom is 0.421 e. The van der Waals surface area contributed by atoms with Gasteiger partial charge in [0.1, 0.15) is 0 Å². The molecule has 5 heteroatoms. The van der Waals surface area contributed by atoms with Crippen molar-refractivity contribution in [1.82, 2.24) is 4.57 Å². The highest BCUT2D eigenvalue weighted by Crippen LogP contribution is 2.21. The molecular weight excluding hydrogens is 292 g/mol. The minimum Gasteiger partial charge on any atom is -0.492 e. The standard InChI is InChI=1S/C18H14N2O3/c19-11-14-2-1-3-16(10-14)15-6-4-13(5-7-15)8-9-20-17(21)12-23-18(20)22/h1-7,10,12,21H,8-9H2. The molecule has 0 saturated carbocycles. The number of aryl methyl sites for hydroxylation is 1. The van der Waals surface area contributed by atoms with E-state index in [1.165, 1.54) is 4.57 Å². The molecule has 0 saturated heterocycles. The molecule has 3 aromatic rings. The molecule has 1 N–H and O–H groups in total. The van der Waals surface area contributed by atoms with Crippen LogP contribution < -0.4 is 5.76 Å². The summed E-state index contributed by atoms with van der Waals surface area (Å²) in [5.74, 6) is -0.729. The first-order valence-electron chi connectivity index (χ1n) is 7.14. The highest BCUT2D eigenvalue weighted by Gasteiger charge is 2.06. The molecule has 1 heterocycles. The molecule has 0 spiro atoms. The van der Waals surface area contributed by atoms with E-state index in [-0.39, 0.29) is 5.88 Å². The van der Waals surface area contributed by atoms with Crippen LogP contribution in [-0.2, 0) is 13.0 Å². The second kappa shape index (κ2) is 6.24. The monoisotopic (exact) mass is 306 g/mol. The van der Waals surface area contributed by atoms with Crippen molar-refractivity contribution in [3.63, 3.8) is 0 Å². The summed E-state index contributed by atoms with van der Waals surface area (Å²) in [6.07, 6.45) is 1.64. The molecule has 1 aromatic heterocycles. The molecular formula is C18H14N2O3. The van der Waals surface area contributed by atoms with Gasteiger partial charge in [-0.3, -0.25) is 0 Å². The second-order valence-electron chi connectivity index (χ2n) is 5.15. The van der Waals surface area contributed by atoms with Crippen LogP contribution in [0.15, 0.2) is 64.0 Å². The van der Waals surface area contributed by atoms with Gasteiger partial charge in [0, 0.05) is 6.54 Å². The Hall–Kier alpha value is -3.26. The van der Waals surface area contributed by atoms with Gasteiger partial charge in [0.25, 0.3) is 0 Å². The lowest BCUT2D eigenvalue weighted by molar-refractivity contribution is 0.413. The number of aromatic hydroxyl groups is 1. The van der Waals surface area contributed by atoms with E-state index in [1.807, 2.05) is 42.5 Å². The van der Waals surface area contributed by atoms with Crippen molar-refractivity contribution in [3.8, 4) is 23.1 Å². The van der Waals surface area contributed by atoms with Crippen molar-refractivity contribution in [1.29, 1.82) is 5.26 Å². The number of rotatable bonds is 4. The molecule has 0 bridgehead atoms. The maximum absolute atomic E-state index is 11.4. The number of nitrogens with zero attached hydrogens (tertiary/aromatic N) is 2. The Morgan fingerprint density at radius 1 is 1.13 bits per heavy atom. The van der Waals surface area contributed by atoms with Crippen LogP contribution in [0.2, 0.25) is 0 Å². The summed E-state index contributed by atoms with van der Waals surface area (Å²) in [6.45, 7) is 0.352. The lowest BCUT2D eigenvalue weighted by Crippen LogP contribution is -2.15. The maximum atomic E-state index is 11.4. The lowest BCUT2D eigenvalue weighted by Gasteiger charge is -2.06. The van der Waals surface area contributed by atoms with E-state index in [4.69, 9.17) is 5.26 Å². The zero-order chi connectivity index (χ0) is 16.2. The predicted octanol–water partition coefficient (Wildman–Crippen LogP) is 2.93. The highest BCUT2D eigenvalue weighted by atomic mass is 16.4. The minimum atomic E-state index is -0.563. The van der Waals surface area contributed by atoms with Crippen LogP contribution in [0.25, 0.3) is 11.1 Å². The van der Waals surface area contributed by atoms with E-state index in [9.17, 15) is 9.90 Å². The van der Waals surface area contributed by atoms with Crippen molar-refractivity contribution >= 4 is 0 Å². The van der Waals surface area contributed by atoms with Gasteiger partial charge in [0.2, 0.25) is 5.88 Å².